The molecule has 0 aliphatic carbocycles. The van der Waals surface area contributed by atoms with Gasteiger partial charge in [0, 0.05) is 30.8 Å². The van der Waals surface area contributed by atoms with Crippen molar-refractivity contribution in [3.63, 3.8) is 0 Å². The topological polar surface area (TPSA) is 96.7 Å². The van der Waals surface area contributed by atoms with E-state index in [0.717, 1.165) is 17.0 Å². The molecule has 0 aliphatic rings. The third-order valence-electron chi connectivity index (χ3n) is 3.45. The zero-order valence-corrected chi connectivity index (χ0v) is 13.0. The summed E-state index contributed by atoms with van der Waals surface area (Å²) in [4.78, 5) is 20.2. The van der Waals surface area contributed by atoms with Crippen molar-refractivity contribution in [1.29, 1.82) is 0 Å². The molecule has 0 bridgehead atoms. The summed E-state index contributed by atoms with van der Waals surface area (Å²) in [7, 11) is 0. The Kier molecular flexibility index (Phi) is 4.18. The molecule has 0 spiro atoms. The summed E-state index contributed by atoms with van der Waals surface area (Å²) < 4.78 is 5.57. The quantitative estimate of drug-likeness (QED) is 0.755. The molecule has 7 nitrogen and oxygen atoms in total. The van der Waals surface area contributed by atoms with Gasteiger partial charge in [0.2, 0.25) is 5.91 Å². The first-order valence-corrected chi connectivity index (χ1v) is 7.31. The van der Waals surface area contributed by atoms with Gasteiger partial charge in [-0.25, -0.2) is 9.97 Å². The minimum absolute atomic E-state index is 0.130. The number of aromatic nitrogens is 4. The van der Waals surface area contributed by atoms with Crippen molar-refractivity contribution in [2.75, 3.05) is 5.32 Å². The average Bonchev–Trinajstić information content (AvgIpc) is 3.13. The SMILES string of the molecule is Cc1ccc(-c2[nH]nc(NC(=O)CCc3ncccn3)c2C)o1. The highest BCUT2D eigenvalue weighted by molar-refractivity contribution is 5.91. The van der Waals surface area contributed by atoms with Gasteiger partial charge >= 0.3 is 0 Å². The van der Waals surface area contributed by atoms with Gasteiger partial charge in [-0.1, -0.05) is 0 Å². The Morgan fingerprint density at radius 3 is 2.74 bits per heavy atom. The number of amides is 1. The molecule has 0 saturated heterocycles. The number of nitrogens with one attached hydrogen (secondary N) is 2. The number of hydrogen-bond acceptors (Lipinski definition) is 5. The molecule has 2 N–H and O–H groups in total. The second kappa shape index (κ2) is 6.43. The van der Waals surface area contributed by atoms with E-state index in [1.165, 1.54) is 0 Å². The van der Waals surface area contributed by atoms with Crippen LogP contribution in [-0.4, -0.2) is 26.1 Å². The van der Waals surface area contributed by atoms with Crippen molar-refractivity contribution < 1.29 is 9.21 Å². The maximum absolute atomic E-state index is 12.0. The van der Waals surface area contributed by atoms with Crippen LogP contribution in [0.25, 0.3) is 11.5 Å². The molecular formula is C16H17N5O2. The van der Waals surface area contributed by atoms with Crippen molar-refractivity contribution in [3.8, 4) is 11.5 Å². The summed E-state index contributed by atoms with van der Waals surface area (Å²) in [6, 6.07) is 5.50. The van der Waals surface area contributed by atoms with Crippen LogP contribution in [0.1, 0.15) is 23.6 Å². The zero-order chi connectivity index (χ0) is 16.2. The lowest BCUT2D eigenvalue weighted by Gasteiger charge is -2.03. The first-order chi connectivity index (χ1) is 11.1. The number of aryl methyl sites for hydroxylation is 2. The lowest BCUT2D eigenvalue weighted by molar-refractivity contribution is -0.116. The smallest absolute Gasteiger partial charge is 0.226 e. The molecule has 0 unspecified atom stereocenters. The van der Waals surface area contributed by atoms with Gasteiger partial charge in [-0.05, 0) is 32.0 Å². The monoisotopic (exact) mass is 311 g/mol. The van der Waals surface area contributed by atoms with Gasteiger partial charge < -0.3 is 9.73 Å². The third-order valence-corrected chi connectivity index (χ3v) is 3.45. The van der Waals surface area contributed by atoms with E-state index in [1.807, 2.05) is 26.0 Å². The van der Waals surface area contributed by atoms with Crippen LogP contribution in [0.3, 0.4) is 0 Å². The second-order valence-electron chi connectivity index (χ2n) is 5.20. The first-order valence-electron chi connectivity index (χ1n) is 7.31. The maximum atomic E-state index is 12.0. The molecule has 3 rings (SSSR count). The minimum atomic E-state index is -0.130. The third kappa shape index (κ3) is 3.45. The molecule has 3 aromatic rings. The molecule has 0 radical (unpaired) electrons. The lowest BCUT2D eigenvalue weighted by atomic mass is 10.2. The van der Waals surface area contributed by atoms with E-state index in [4.69, 9.17) is 4.42 Å². The number of furan rings is 1. The van der Waals surface area contributed by atoms with Crippen molar-refractivity contribution >= 4 is 11.7 Å². The highest BCUT2D eigenvalue weighted by Gasteiger charge is 2.15. The molecule has 0 atom stereocenters. The summed E-state index contributed by atoms with van der Waals surface area (Å²) >= 11 is 0. The fourth-order valence-corrected chi connectivity index (χ4v) is 2.21. The number of hydrogen-bond donors (Lipinski definition) is 2. The standard InChI is InChI=1S/C16H17N5O2/c1-10-4-5-12(23-10)15-11(2)16(21-20-15)19-14(22)7-6-13-17-8-3-9-18-13/h3-5,8-9H,6-7H2,1-2H3,(H2,19,20,21,22). The Balaban J connectivity index is 1.64. The zero-order valence-electron chi connectivity index (χ0n) is 13.0. The van der Waals surface area contributed by atoms with Crippen LogP contribution in [0.5, 0.6) is 0 Å². The Morgan fingerprint density at radius 1 is 1.26 bits per heavy atom. The Labute approximate surface area is 133 Å². The molecule has 0 saturated carbocycles. The Bertz CT molecular complexity index is 807. The highest BCUT2D eigenvalue weighted by Crippen LogP contribution is 2.27. The Morgan fingerprint density at radius 2 is 2.04 bits per heavy atom. The van der Waals surface area contributed by atoms with E-state index in [-0.39, 0.29) is 5.91 Å². The van der Waals surface area contributed by atoms with Gasteiger partial charge in [-0.3, -0.25) is 9.89 Å². The fourth-order valence-electron chi connectivity index (χ4n) is 2.21. The van der Waals surface area contributed by atoms with Crippen LogP contribution in [0.4, 0.5) is 5.82 Å². The fraction of sp³-hybridized carbons (Fsp3) is 0.250. The molecule has 0 aliphatic heterocycles. The molecular weight excluding hydrogens is 294 g/mol. The lowest BCUT2D eigenvalue weighted by Crippen LogP contribution is -2.14. The number of H-pyrrole nitrogens is 1. The van der Waals surface area contributed by atoms with Crippen LogP contribution >= 0.6 is 0 Å². The van der Waals surface area contributed by atoms with Gasteiger partial charge in [0.05, 0.1) is 0 Å². The number of rotatable bonds is 5. The molecule has 3 aromatic heterocycles. The van der Waals surface area contributed by atoms with E-state index < -0.39 is 0 Å². The number of aromatic amines is 1. The minimum Gasteiger partial charge on any atom is -0.460 e. The molecule has 3 heterocycles. The predicted molar refractivity (Wildman–Crippen MR) is 84.7 cm³/mol. The normalized spacial score (nSPS) is 10.7. The van der Waals surface area contributed by atoms with Gasteiger partial charge in [0.1, 0.15) is 17.3 Å². The Hall–Kier alpha value is -2.96. The van der Waals surface area contributed by atoms with Crippen LogP contribution < -0.4 is 5.32 Å². The summed E-state index contributed by atoms with van der Waals surface area (Å²) in [6.07, 6.45) is 4.11. The molecule has 118 valence electrons. The number of carbonyl (C=O) groups excluding carboxylic acids is 1. The first kappa shape index (κ1) is 15.0. The van der Waals surface area contributed by atoms with Crippen LogP contribution in [0, 0.1) is 13.8 Å². The van der Waals surface area contributed by atoms with Gasteiger partial charge in [0.15, 0.2) is 11.6 Å². The van der Waals surface area contributed by atoms with Crippen molar-refractivity contribution in [3.05, 3.63) is 47.7 Å². The van der Waals surface area contributed by atoms with Crippen LogP contribution in [-0.2, 0) is 11.2 Å². The number of anilines is 1. The van der Waals surface area contributed by atoms with Crippen molar-refractivity contribution in [2.24, 2.45) is 0 Å². The molecule has 23 heavy (non-hydrogen) atoms. The van der Waals surface area contributed by atoms with Gasteiger partial charge in [-0.2, -0.15) is 5.10 Å². The van der Waals surface area contributed by atoms with E-state index in [0.29, 0.717) is 30.2 Å². The number of carbonyl (C=O) groups is 1. The predicted octanol–water partition coefficient (Wildman–Crippen LogP) is 2.65. The van der Waals surface area contributed by atoms with Crippen molar-refractivity contribution in [1.82, 2.24) is 20.2 Å². The van der Waals surface area contributed by atoms with Gasteiger partial charge in [0.25, 0.3) is 0 Å². The second-order valence-corrected chi connectivity index (χ2v) is 5.20. The average molecular weight is 311 g/mol. The molecule has 0 fully saturated rings. The van der Waals surface area contributed by atoms with E-state index in [2.05, 4.69) is 25.5 Å². The summed E-state index contributed by atoms with van der Waals surface area (Å²) in [5.41, 5.74) is 1.60. The van der Waals surface area contributed by atoms with Crippen molar-refractivity contribution in [2.45, 2.75) is 26.7 Å². The summed E-state index contributed by atoms with van der Waals surface area (Å²) in [5.74, 6) is 2.54. The van der Waals surface area contributed by atoms with E-state index in [1.54, 1.807) is 18.5 Å². The molecule has 0 aromatic carbocycles. The largest absolute Gasteiger partial charge is 0.460 e. The summed E-state index contributed by atoms with van der Waals surface area (Å²) in [6.45, 7) is 3.76. The van der Waals surface area contributed by atoms with Gasteiger partial charge in [-0.15, -0.1) is 0 Å². The molecule has 1 amide bonds. The molecule has 7 heteroatoms. The van der Waals surface area contributed by atoms with Crippen LogP contribution in [0.15, 0.2) is 35.0 Å². The maximum Gasteiger partial charge on any atom is 0.226 e. The van der Waals surface area contributed by atoms with E-state index in [9.17, 15) is 4.79 Å². The summed E-state index contributed by atoms with van der Waals surface area (Å²) in [5, 5.41) is 9.85. The van der Waals surface area contributed by atoms with Crippen LogP contribution in [0.2, 0.25) is 0 Å². The highest BCUT2D eigenvalue weighted by atomic mass is 16.3. The van der Waals surface area contributed by atoms with E-state index >= 15 is 0 Å². The number of nitrogens with zero attached hydrogens (tertiary/aromatic N) is 3.